The fraction of sp³-hybridized carbons (Fsp3) is 0.474. The fourth-order valence-corrected chi connectivity index (χ4v) is 12.6. The van der Waals surface area contributed by atoms with Gasteiger partial charge in [-0.2, -0.15) is 0 Å². The first-order valence-corrected chi connectivity index (χ1v) is 26.8. The van der Waals surface area contributed by atoms with Gasteiger partial charge in [-0.25, -0.2) is 13.2 Å². The van der Waals surface area contributed by atoms with Crippen molar-refractivity contribution in [1.29, 1.82) is 0 Å². The number of aryl methyl sites for hydroxylation is 3. The number of aromatic nitrogens is 3. The van der Waals surface area contributed by atoms with E-state index in [0.717, 1.165) is 54.2 Å². The summed E-state index contributed by atoms with van der Waals surface area (Å²) in [4.78, 5) is 77.4. The van der Waals surface area contributed by atoms with Crippen molar-refractivity contribution >= 4 is 87.5 Å². The van der Waals surface area contributed by atoms with Crippen LogP contribution in [0, 0.1) is 17.5 Å². The molecule has 9 heterocycles. The Bertz CT molecular complexity index is 3260. The first kappa shape index (κ1) is 57.1. The molecule has 79 heavy (non-hydrogen) atoms. The zero-order valence-electron chi connectivity index (χ0n) is 44.1. The summed E-state index contributed by atoms with van der Waals surface area (Å²) in [6.45, 7) is 9.15. The molecule has 0 aliphatic carbocycles. The number of hydrogen-bond donors (Lipinski definition) is 3. The molecule has 3 atom stereocenters. The van der Waals surface area contributed by atoms with Crippen molar-refractivity contribution in [3.05, 3.63) is 118 Å². The SMILES string of the molecule is CC1CCc2c(N3CCC(O)CC3)c(F)cc3c(=O)c(C(=O)[O-])cn1c23.CC1CCc2c(N3CCC(O)CC3)c(F)cc3c(=O)c(C(=O)[O-])cn1c23.CC1CCc2c(N3CCC(O)CC3)c(F)cc3c(=O)c(C(=O)[O-])cn1c23.[Ga+3]. The number of halogens is 3. The van der Waals surface area contributed by atoms with E-state index >= 15 is 0 Å². The number of carboxylic acids is 3. The second-order valence-electron chi connectivity index (χ2n) is 21.8. The number of aliphatic hydroxyl groups is 3. The fourth-order valence-electron chi connectivity index (χ4n) is 12.6. The normalized spacial score (nSPS) is 20.3. The van der Waals surface area contributed by atoms with Crippen molar-refractivity contribution in [2.75, 3.05) is 54.0 Å². The Labute approximate surface area is 463 Å². The number of aliphatic hydroxyl groups excluding tert-OH is 3. The number of benzene rings is 3. The summed E-state index contributed by atoms with van der Waals surface area (Å²) in [6.07, 6.45) is 10.4. The van der Waals surface area contributed by atoms with Crippen molar-refractivity contribution in [2.24, 2.45) is 0 Å². The Balaban J connectivity index is 0.000000143. The molecule has 18 nitrogen and oxygen atoms in total. The van der Waals surface area contributed by atoms with Gasteiger partial charge in [0.2, 0.25) is 0 Å². The molecule has 0 spiro atoms. The molecule has 3 N–H and O–H groups in total. The van der Waals surface area contributed by atoms with Gasteiger partial charge in [0.25, 0.3) is 0 Å². The first-order valence-electron chi connectivity index (χ1n) is 26.8. The molecule has 414 valence electrons. The van der Waals surface area contributed by atoms with Crippen molar-refractivity contribution in [3.8, 4) is 0 Å². The maximum atomic E-state index is 15.0. The molecular weight excluding hydrogens is 1090 g/mol. The molecule has 0 saturated carbocycles. The summed E-state index contributed by atoms with van der Waals surface area (Å²) in [5, 5.41) is 63.4. The van der Waals surface area contributed by atoms with E-state index in [0.29, 0.717) is 131 Å². The van der Waals surface area contributed by atoms with Crippen LogP contribution in [0.4, 0.5) is 30.2 Å². The van der Waals surface area contributed by atoms with Gasteiger partial charge in [-0.15, -0.1) is 0 Å². The van der Waals surface area contributed by atoms with Crippen LogP contribution in [0.5, 0.6) is 0 Å². The number of aromatic carboxylic acids is 3. The number of rotatable bonds is 6. The van der Waals surface area contributed by atoms with Gasteiger partial charge in [0.05, 0.1) is 86.5 Å². The van der Waals surface area contributed by atoms with Gasteiger partial charge in [0.15, 0.2) is 16.3 Å². The predicted octanol–water partition coefficient (Wildman–Crippen LogP) is 2.54. The summed E-state index contributed by atoms with van der Waals surface area (Å²) in [5.74, 6) is -6.19. The quantitative estimate of drug-likeness (QED) is 0.203. The van der Waals surface area contributed by atoms with Gasteiger partial charge in [-0.1, -0.05) is 0 Å². The Morgan fingerprint density at radius 3 is 0.886 bits per heavy atom. The van der Waals surface area contributed by atoms with E-state index in [4.69, 9.17) is 0 Å². The van der Waals surface area contributed by atoms with Crippen LogP contribution in [-0.2, 0) is 19.3 Å². The summed E-state index contributed by atoms with van der Waals surface area (Å²) >= 11 is 0. The number of nitrogens with zero attached hydrogens (tertiary/aromatic N) is 6. The van der Waals surface area contributed by atoms with Gasteiger partial charge in [0, 0.05) is 109 Å². The molecule has 0 bridgehead atoms. The summed E-state index contributed by atoms with van der Waals surface area (Å²) < 4.78 is 50.3. The summed E-state index contributed by atoms with van der Waals surface area (Å²) in [6, 6.07) is 3.48. The van der Waals surface area contributed by atoms with Gasteiger partial charge < -0.3 is 73.4 Å². The molecule has 0 amide bonds. The van der Waals surface area contributed by atoms with Crippen LogP contribution in [-0.4, -0.2) is 124 Å². The number of carbonyl (C=O) groups is 3. The minimum absolute atomic E-state index is 0. The van der Waals surface area contributed by atoms with Crippen molar-refractivity contribution in [3.63, 3.8) is 0 Å². The minimum Gasteiger partial charge on any atom is -0.545 e. The van der Waals surface area contributed by atoms with Crippen molar-refractivity contribution in [1.82, 2.24) is 13.7 Å². The Morgan fingerprint density at radius 2 is 0.671 bits per heavy atom. The number of piperidine rings is 3. The van der Waals surface area contributed by atoms with E-state index in [1.807, 2.05) is 35.5 Å². The molecule has 22 heteroatoms. The zero-order chi connectivity index (χ0) is 55.8. The molecule has 3 aromatic carbocycles. The summed E-state index contributed by atoms with van der Waals surface area (Å²) in [5.41, 5.74) is 2.08. The van der Waals surface area contributed by atoms with Crippen LogP contribution in [0.3, 0.4) is 0 Å². The van der Waals surface area contributed by atoms with E-state index in [9.17, 15) is 72.6 Å². The molecule has 3 aromatic heterocycles. The van der Waals surface area contributed by atoms with Crippen LogP contribution >= 0.6 is 0 Å². The van der Waals surface area contributed by atoms with Gasteiger partial charge in [-0.05, 0) is 116 Å². The van der Waals surface area contributed by atoms with Crippen LogP contribution in [0.15, 0.2) is 51.2 Å². The molecule has 12 rings (SSSR count). The number of carbonyl (C=O) groups excluding carboxylic acids is 3. The van der Waals surface area contributed by atoms with Crippen LogP contribution in [0.2, 0.25) is 0 Å². The third-order valence-corrected chi connectivity index (χ3v) is 16.9. The molecule has 3 saturated heterocycles. The Hall–Kier alpha value is -6.59. The molecule has 6 aliphatic rings. The van der Waals surface area contributed by atoms with Crippen LogP contribution < -0.4 is 46.3 Å². The summed E-state index contributed by atoms with van der Waals surface area (Å²) in [7, 11) is 0. The second-order valence-corrected chi connectivity index (χ2v) is 21.8. The van der Waals surface area contributed by atoms with E-state index in [1.54, 1.807) is 13.7 Å². The maximum Gasteiger partial charge on any atom is 3.00 e. The van der Waals surface area contributed by atoms with Gasteiger partial charge in [-0.3, -0.25) is 14.4 Å². The van der Waals surface area contributed by atoms with Crippen LogP contribution in [0.1, 0.15) is 144 Å². The van der Waals surface area contributed by atoms with E-state index in [2.05, 4.69) is 0 Å². The largest absolute Gasteiger partial charge is 3.00 e. The zero-order valence-corrected chi connectivity index (χ0v) is 46.5. The molecule has 6 aliphatic heterocycles. The number of hydrogen-bond acceptors (Lipinski definition) is 15. The Morgan fingerprint density at radius 1 is 0.443 bits per heavy atom. The smallest absolute Gasteiger partial charge is 0.545 e. The molecule has 0 radical (unpaired) electrons. The number of anilines is 3. The van der Waals surface area contributed by atoms with Gasteiger partial charge in [0.1, 0.15) is 17.5 Å². The monoisotopic (exact) mass is 1150 g/mol. The minimum atomic E-state index is -1.55. The molecule has 3 unspecified atom stereocenters. The topological polar surface area (TPSA) is 257 Å². The molecular formula is C57H60F3GaN6O12. The van der Waals surface area contributed by atoms with E-state index < -0.39 is 68.3 Å². The third kappa shape index (κ3) is 10.3. The average molecular weight is 1150 g/mol. The number of pyridine rings is 3. The second kappa shape index (κ2) is 22.5. The van der Waals surface area contributed by atoms with Crippen molar-refractivity contribution in [2.45, 2.75) is 134 Å². The van der Waals surface area contributed by atoms with E-state index in [-0.39, 0.29) is 72.4 Å². The van der Waals surface area contributed by atoms with E-state index in [1.165, 1.54) is 18.6 Å². The maximum absolute atomic E-state index is 15.0. The van der Waals surface area contributed by atoms with Crippen molar-refractivity contribution < 1.29 is 58.2 Å². The Kier molecular flexibility index (Phi) is 16.3. The predicted molar refractivity (Wildman–Crippen MR) is 285 cm³/mol. The molecule has 6 aromatic rings. The average Bonchev–Trinajstić information content (AvgIpc) is 3.30. The van der Waals surface area contributed by atoms with Gasteiger partial charge >= 0.3 is 19.8 Å². The molecule has 3 fully saturated rings. The van der Waals surface area contributed by atoms with Crippen LogP contribution in [0.25, 0.3) is 32.7 Å². The standard InChI is InChI=1S/3C19H21FN2O4.Ga/c3*1-10-2-3-12-16-13(18(24)14(19(25)26)9-22(10)16)8-15(20)17(12)21-6-4-11(23)5-7-21;/h3*8-11,23H,2-7H2,1H3,(H,25,26);/q;;;+3/p-3. The third-order valence-electron chi connectivity index (χ3n) is 16.9. The number of carboxylic acid groups (broad SMARTS) is 3. The first-order chi connectivity index (χ1) is 37.1.